The van der Waals surface area contributed by atoms with Crippen molar-refractivity contribution in [1.29, 1.82) is 0 Å². The van der Waals surface area contributed by atoms with Gasteiger partial charge in [-0.25, -0.2) is 9.78 Å². The highest BCUT2D eigenvalue weighted by molar-refractivity contribution is 6.04. The van der Waals surface area contributed by atoms with E-state index >= 15 is 0 Å². The first kappa shape index (κ1) is 26.2. The average Bonchev–Trinajstić information content (AvgIpc) is 2.94. The van der Waals surface area contributed by atoms with Crippen LogP contribution in [0, 0.1) is 6.92 Å². The van der Waals surface area contributed by atoms with Gasteiger partial charge >= 0.3 is 6.03 Å². The summed E-state index contributed by atoms with van der Waals surface area (Å²) in [6, 6.07) is 28.3. The van der Waals surface area contributed by atoms with E-state index < -0.39 is 0 Å². The highest BCUT2D eigenvalue weighted by Gasteiger charge is 2.16. The fraction of sp³-hybridized carbons (Fsp3) is 0.167. The maximum Gasteiger partial charge on any atom is 0.323 e. The van der Waals surface area contributed by atoms with Crippen molar-refractivity contribution in [3.8, 4) is 11.3 Å². The molecule has 4 aromatic rings. The molecule has 0 unspecified atom stereocenters. The first-order valence-corrected chi connectivity index (χ1v) is 12.5. The van der Waals surface area contributed by atoms with Gasteiger partial charge in [-0.3, -0.25) is 0 Å². The van der Waals surface area contributed by atoms with Gasteiger partial charge in [-0.15, -0.1) is 0 Å². The molecule has 0 saturated carbocycles. The zero-order valence-corrected chi connectivity index (χ0v) is 21.6. The van der Waals surface area contributed by atoms with E-state index in [9.17, 15) is 10.0 Å². The zero-order chi connectivity index (χ0) is 26.9. The highest BCUT2D eigenvalue weighted by atomic mass is 16.4. The number of anilines is 3. The Balaban J connectivity index is 1.74. The largest absolute Gasteiger partial charge is 0.409 e. The van der Waals surface area contributed by atoms with Gasteiger partial charge < -0.3 is 26.5 Å². The molecule has 8 heteroatoms. The molecule has 5 N–H and O–H groups in total. The summed E-state index contributed by atoms with van der Waals surface area (Å²) >= 11 is 0. The Bertz CT molecular complexity index is 1400. The van der Waals surface area contributed by atoms with Gasteiger partial charge in [-0.1, -0.05) is 84.4 Å². The Kier molecular flexibility index (Phi) is 8.56. The topological polar surface area (TPSA) is 116 Å². The molecule has 0 radical (unpaired) electrons. The molecule has 194 valence electrons. The number of urea groups is 1. The fourth-order valence-corrected chi connectivity index (χ4v) is 4.15. The van der Waals surface area contributed by atoms with Gasteiger partial charge in [-0.05, 0) is 37.1 Å². The standard InChI is InChI=1S/C30H32N6O2/c1-3-17-36(20-22-9-5-4-6-10-22)28-19-24(33-30(37)32-23-15-13-21(2)14-16-23)18-27(34-28)25-11-7-8-12-26(25)29(31)35-38/h4-16,18-19,38H,3,17,20H2,1-2H3,(H2,31,35)(H2,32,33,34,37). The van der Waals surface area contributed by atoms with Crippen molar-refractivity contribution in [3.05, 3.63) is 108 Å². The van der Waals surface area contributed by atoms with Crippen LogP contribution in [0.1, 0.15) is 30.0 Å². The van der Waals surface area contributed by atoms with Crippen LogP contribution >= 0.6 is 0 Å². The molecule has 0 spiro atoms. The molecule has 2 amide bonds. The molecule has 0 aliphatic carbocycles. The summed E-state index contributed by atoms with van der Waals surface area (Å²) in [6.07, 6.45) is 0.913. The number of nitrogens with two attached hydrogens (primary N) is 1. The van der Waals surface area contributed by atoms with Crippen LogP contribution in [0.5, 0.6) is 0 Å². The third-order valence-corrected chi connectivity index (χ3v) is 6.00. The van der Waals surface area contributed by atoms with E-state index in [1.807, 2.05) is 73.7 Å². The van der Waals surface area contributed by atoms with E-state index in [0.717, 1.165) is 24.1 Å². The Morgan fingerprint density at radius 1 is 0.947 bits per heavy atom. The van der Waals surface area contributed by atoms with Crippen molar-refractivity contribution in [1.82, 2.24) is 4.98 Å². The smallest absolute Gasteiger partial charge is 0.323 e. The quantitative estimate of drug-likeness (QED) is 0.0928. The lowest BCUT2D eigenvalue weighted by molar-refractivity contribution is 0.262. The predicted molar refractivity (Wildman–Crippen MR) is 154 cm³/mol. The molecule has 0 aliphatic heterocycles. The number of carbonyl (C=O) groups is 1. The molecule has 0 bridgehead atoms. The number of nitrogens with zero attached hydrogens (tertiary/aromatic N) is 3. The number of amidine groups is 1. The van der Waals surface area contributed by atoms with Gasteiger partial charge in [0.05, 0.1) is 5.69 Å². The molecule has 0 atom stereocenters. The summed E-state index contributed by atoms with van der Waals surface area (Å²) in [5, 5.41) is 18.3. The minimum Gasteiger partial charge on any atom is -0.409 e. The van der Waals surface area contributed by atoms with E-state index in [1.54, 1.807) is 12.1 Å². The van der Waals surface area contributed by atoms with Gasteiger partial charge in [0.25, 0.3) is 0 Å². The number of rotatable bonds is 9. The van der Waals surface area contributed by atoms with Crippen molar-refractivity contribution < 1.29 is 10.0 Å². The number of aryl methyl sites for hydroxylation is 1. The Labute approximate surface area is 222 Å². The van der Waals surface area contributed by atoms with Crippen LogP contribution in [0.25, 0.3) is 11.3 Å². The van der Waals surface area contributed by atoms with Crippen LogP contribution in [0.15, 0.2) is 96.2 Å². The summed E-state index contributed by atoms with van der Waals surface area (Å²) in [6.45, 7) is 5.53. The monoisotopic (exact) mass is 508 g/mol. The Morgan fingerprint density at radius 2 is 1.63 bits per heavy atom. The van der Waals surface area contributed by atoms with Crippen LogP contribution < -0.4 is 21.3 Å². The van der Waals surface area contributed by atoms with Crippen LogP contribution in [-0.2, 0) is 6.54 Å². The van der Waals surface area contributed by atoms with Crippen molar-refractivity contribution in [3.63, 3.8) is 0 Å². The number of benzene rings is 3. The highest BCUT2D eigenvalue weighted by Crippen LogP contribution is 2.29. The molecule has 1 aromatic heterocycles. The number of nitrogens with one attached hydrogen (secondary N) is 2. The average molecular weight is 509 g/mol. The van der Waals surface area contributed by atoms with Crippen LogP contribution in [-0.4, -0.2) is 28.6 Å². The minimum atomic E-state index is -0.369. The van der Waals surface area contributed by atoms with E-state index in [4.69, 9.17) is 10.7 Å². The second-order valence-corrected chi connectivity index (χ2v) is 8.98. The first-order valence-electron chi connectivity index (χ1n) is 12.5. The lowest BCUT2D eigenvalue weighted by Gasteiger charge is -2.25. The Hall–Kier alpha value is -4.85. The molecule has 0 aliphatic rings. The van der Waals surface area contributed by atoms with Crippen molar-refractivity contribution in [2.24, 2.45) is 10.9 Å². The summed E-state index contributed by atoms with van der Waals surface area (Å²) in [5.74, 6) is 0.683. The van der Waals surface area contributed by atoms with E-state index in [0.29, 0.717) is 40.6 Å². The number of aromatic nitrogens is 1. The summed E-state index contributed by atoms with van der Waals surface area (Å²) in [5.41, 5.74) is 11.3. The summed E-state index contributed by atoms with van der Waals surface area (Å²) < 4.78 is 0. The minimum absolute atomic E-state index is 0.0193. The molecule has 38 heavy (non-hydrogen) atoms. The summed E-state index contributed by atoms with van der Waals surface area (Å²) in [4.78, 5) is 20.0. The molecule has 3 aromatic carbocycles. The van der Waals surface area contributed by atoms with Crippen molar-refractivity contribution in [2.75, 3.05) is 22.1 Å². The van der Waals surface area contributed by atoms with E-state index in [-0.39, 0.29) is 11.9 Å². The summed E-state index contributed by atoms with van der Waals surface area (Å²) in [7, 11) is 0. The van der Waals surface area contributed by atoms with Gasteiger partial charge in [0, 0.05) is 41.7 Å². The lowest BCUT2D eigenvalue weighted by atomic mass is 10.0. The van der Waals surface area contributed by atoms with Crippen LogP contribution in [0.4, 0.5) is 22.0 Å². The van der Waals surface area contributed by atoms with Gasteiger partial charge in [0.1, 0.15) is 5.82 Å². The van der Waals surface area contributed by atoms with Crippen molar-refractivity contribution >= 4 is 29.1 Å². The van der Waals surface area contributed by atoms with Gasteiger partial charge in [0.15, 0.2) is 5.84 Å². The maximum absolute atomic E-state index is 12.9. The van der Waals surface area contributed by atoms with Crippen molar-refractivity contribution in [2.45, 2.75) is 26.8 Å². The molecule has 1 heterocycles. The third kappa shape index (κ3) is 6.67. The molecular formula is C30H32N6O2. The number of hydrogen-bond acceptors (Lipinski definition) is 5. The van der Waals surface area contributed by atoms with E-state index in [2.05, 4.69) is 39.7 Å². The van der Waals surface area contributed by atoms with Gasteiger partial charge in [-0.2, -0.15) is 0 Å². The van der Waals surface area contributed by atoms with Crippen LogP contribution in [0.2, 0.25) is 0 Å². The number of carbonyl (C=O) groups excluding carboxylic acids is 1. The third-order valence-electron chi connectivity index (χ3n) is 6.00. The molecule has 0 fully saturated rings. The van der Waals surface area contributed by atoms with Gasteiger partial charge in [0.2, 0.25) is 0 Å². The Morgan fingerprint density at radius 3 is 2.34 bits per heavy atom. The maximum atomic E-state index is 12.9. The van der Waals surface area contributed by atoms with Crippen LogP contribution in [0.3, 0.4) is 0 Å². The normalized spacial score (nSPS) is 11.2. The lowest BCUT2D eigenvalue weighted by Crippen LogP contribution is -2.25. The second kappa shape index (κ2) is 12.4. The number of oxime groups is 1. The van der Waals surface area contributed by atoms with E-state index in [1.165, 1.54) is 0 Å². The fourth-order valence-electron chi connectivity index (χ4n) is 4.15. The predicted octanol–water partition coefficient (Wildman–Crippen LogP) is 6.21. The second-order valence-electron chi connectivity index (χ2n) is 8.98. The number of amides is 2. The number of pyridine rings is 1. The number of hydrogen-bond donors (Lipinski definition) is 4. The SMILES string of the molecule is CCCN(Cc1ccccc1)c1cc(NC(=O)Nc2ccc(C)cc2)cc(-c2ccccc2/C(N)=N\O)n1. The molecule has 0 saturated heterocycles. The first-order chi connectivity index (χ1) is 18.5. The molecule has 8 nitrogen and oxygen atoms in total. The molecular weight excluding hydrogens is 476 g/mol. The molecule has 4 rings (SSSR count). The zero-order valence-electron chi connectivity index (χ0n) is 21.6.